The second kappa shape index (κ2) is 31.3. The second-order valence-electron chi connectivity index (χ2n) is 22.8. The monoisotopic (exact) mass is 962 g/mol. The van der Waals surface area contributed by atoms with Gasteiger partial charge < -0.3 is 23.8 Å². The van der Waals surface area contributed by atoms with Gasteiger partial charge in [0.1, 0.15) is 19.3 Å². The number of hydrogen-bond acceptors (Lipinski definition) is 9. The highest BCUT2D eigenvalue weighted by Crippen LogP contribution is 2.67. The van der Waals surface area contributed by atoms with Gasteiger partial charge in [-0.15, -0.1) is 0 Å². The van der Waals surface area contributed by atoms with E-state index in [0.29, 0.717) is 31.1 Å². The first-order valence-corrected chi connectivity index (χ1v) is 28.2. The van der Waals surface area contributed by atoms with E-state index in [1.807, 2.05) is 19.0 Å². The molecule has 0 bridgehead atoms. The third kappa shape index (κ3) is 20.1. The summed E-state index contributed by atoms with van der Waals surface area (Å²) in [6, 6.07) is 0. The van der Waals surface area contributed by atoms with Crippen molar-refractivity contribution in [1.82, 2.24) is 4.90 Å². The lowest BCUT2D eigenvalue weighted by atomic mass is 9.47. The molecule has 9 heteroatoms. The van der Waals surface area contributed by atoms with E-state index in [4.69, 9.17) is 18.9 Å². The van der Waals surface area contributed by atoms with Crippen molar-refractivity contribution in [2.24, 2.45) is 46.3 Å². The van der Waals surface area contributed by atoms with Crippen LogP contribution in [0.25, 0.3) is 0 Å². The molecule has 0 amide bonds. The zero-order valence-corrected chi connectivity index (χ0v) is 45.1. The minimum absolute atomic E-state index is 0.0786. The number of nitrogens with zero attached hydrogens (tertiary/aromatic N) is 1. The Hall–Kier alpha value is -3.20. The standard InChI is InChI=1S/C60H99NO8/c1-9-10-11-12-13-14-15-16-17-18-19-20-21-22-23-31-58(65)69-50(45-67-56(63)33-27-42-61(7)8)44-66-55(62)30-24-25-32-57(64)68-49-38-40-59(5)48(43-49)34-35-51-53-37-36-52(47(4)29-26-28-46(2)3)60(53,6)41-39-54(51)59/h10-11,13-14,16-17,34,46-47,49-54H,9,12,15,18-33,35-45H2,1-8H3/b11-10-,14-13-,17-16-. The van der Waals surface area contributed by atoms with Crippen LogP contribution < -0.4 is 0 Å². The molecule has 0 saturated heterocycles. The zero-order chi connectivity index (χ0) is 50.1. The molecule has 9 nitrogen and oxygen atoms in total. The van der Waals surface area contributed by atoms with E-state index in [1.165, 1.54) is 56.9 Å². The minimum atomic E-state index is -0.877. The number of rotatable bonds is 33. The predicted molar refractivity (Wildman–Crippen MR) is 280 cm³/mol. The molecule has 0 aliphatic heterocycles. The fourth-order valence-electron chi connectivity index (χ4n) is 12.8. The summed E-state index contributed by atoms with van der Waals surface area (Å²) < 4.78 is 22.7. The Morgan fingerprint density at radius 1 is 0.681 bits per heavy atom. The first-order valence-electron chi connectivity index (χ1n) is 28.2. The average Bonchev–Trinajstić information content (AvgIpc) is 3.67. The molecule has 0 aromatic heterocycles. The van der Waals surface area contributed by atoms with Crippen molar-refractivity contribution in [2.45, 2.75) is 227 Å². The third-order valence-corrected chi connectivity index (χ3v) is 16.7. The summed E-state index contributed by atoms with van der Waals surface area (Å²) in [5.74, 6) is 3.43. The van der Waals surface area contributed by atoms with Gasteiger partial charge in [-0.25, -0.2) is 0 Å². The second-order valence-corrected chi connectivity index (χ2v) is 22.8. The van der Waals surface area contributed by atoms with Gasteiger partial charge in [0.25, 0.3) is 0 Å². The van der Waals surface area contributed by atoms with Crippen LogP contribution >= 0.6 is 0 Å². The molecule has 4 aliphatic carbocycles. The van der Waals surface area contributed by atoms with Gasteiger partial charge >= 0.3 is 23.9 Å². The summed E-state index contributed by atoms with van der Waals surface area (Å²) in [6.45, 7) is 15.0. The first kappa shape index (κ1) is 58.4. The molecule has 0 aromatic rings. The highest BCUT2D eigenvalue weighted by Gasteiger charge is 2.59. The zero-order valence-electron chi connectivity index (χ0n) is 45.1. The van der Waals surface area contributed by atoms with Crippen LogP contribution in [-0.4, -0.2) is 74.8 Å². The van der Waals surface area contributed by atoms with Gasteiger partial charge in [-0.1, -0.05) is 128 Å². The van der Waals surface area contributed by atoms with Gasteiger partial charge in [-0.3, -0.25) is 19.2 Å². The molecular weight excluding hydrogens is 863 g/mol. The van der Waals surface area contributed by atoms with Crippen LogP contribution in [0.3, 0.4) is 0 Å². The van der Waals surface area contributed by atoms with E-state index in [0.717, 1.165) is 113 Å². The number of carbonyl (C=O) groups excluding carboxylic acids is 4. The number of hydrogen-bond donors (Lipinski definition) is 0. The minimum Gasteiger partial charge on any atom is -0.462 e. The highest BCUT2D eigenvalue weighted by atomic mass is 16.6. The summed E-state index contributed by atoms with van der Waals surface area (Å²) in [5.41, 5.74) is 2.21. The maximum atomic E-state index is 13.1. The number of carbonyl (C=O) groups is 4. The van der Waals surface area contributed by atoms with Crippen LogP contribution in [0.1, 0.15) is 215 Å². The highest BCUT2D eigenvalue weighted by molar-refractivity contribution is 5.71. The van der Waals surface area contributed by atoms with Gasteiger partial charge in [0.05, 0.1) is 0 Å². The first-order chi connectivity index (χ1) is 33.2. The normalized spacial score (nSPS) is 26.5. The largest absolute Gasteiger partial charge is 0.462 e. The molecule has 0 N–H and O–H groups in total. The van der Waals surface area contributed by atoms with Gasteiger partial charge in [0.15, 0.2) is 6.10 Å². The number of unbranched alkanes of at least 4 members (excludes halogenated alkanes) is 6. The van der Waals surface area contributed by atoms with E-state index in [-0.39, 0.29) is 68.3 Å². The van der Waals surface area contributed by atoms with Gasteiger partial charge in [0, 0.05) is 32.1 Å². The topological polar surface area (TPSA) is 108 Å². The van der Waals surface area contributed by atoms with Crippen molar-refractivity contribution in [3.63, 3.8) is 0 Å². The molecule has 4 aliphatic rings. The van der Waals surface area contributed by atoms with Gasteiger partial charge in [-0.05, 0) is 170 Å². The SMILES string of the molecule is CC/C=C\C/C=C\C/C=C\CCCCCCCC(=O)OC(COC(=O)CCCCC(=O)OC1CCC2(C)C(=CCC3C2CCC2(C)C(C(C)CCCC(C)C)CCC32)C1)COC(=O)CCCN(C)C. The molecule has 3 saturated carbocycles. The molecule has 392 valence electrons. The van der Waals surface area contributed by atoms with Crippen LogP contribution in [-0.2, 0) is 38.1 Å². The fraction of sp³-hybridized carbons (Fsp3) is 0.800. The summed E-state index contributed by atoms with van der Waals surface area (Å²) >= 11 is 0. The van der Waals surface area contributed by atoms with Crippen molar-refractivity contribution in [3.05, 3.63) is 48.1 Å². The van der Waals surface area contributed by atoms with Crippen LogP contribution in [0.5, 0.6) is 0 Å². The van der Waals surface area contributed by atoms with Crippen LogP contribution in [0, 0.1) is 46.3 Å². The summed E-state index contributed by atoms with van der Waals surface area (Å²) in [4.78, 5) is 53.1. The predicted octanol–water partition coefficient (Wildman–Crippen LogP) is 14.4. The number of ether oxygens (including phenoxy) is 4. The van der Waals surface area contributed by atoms with Crippen molar-refractivity contribution in [3.8, 4) is 0 Å². The van der Waals surface area contributed by atoms with Crippen LogP contribution in [0.2, 0.25) is 0 Å². The Morgan fingerprint density at radius 3 is 2.00 bits per heavy atom. The lowest BCUT2D eigenvalue weighted by Crippen LogP contribution is -2.51. The lowest BCUT2D eigenvalue weighted by molar-refractivity contribution is -0.167. The molecular formula is C60H99NO8. The van der Waals surface area contributed by atoms with Gasteiger partial charge in [-0.2, -0.15) is 0 Å². The summed E-state index contributed by atoms with van der Waals surface area (Å²) in [6.07, 6.45) is 40.1. The molecule has 4 rings (SSSR count). The van der Waals surface area contributed by atoms with Crippen molar-refractivity contribution in [1.29, 1.82) is 0 Å². The van der Waals surface area contributed by atoms with Crippen LogP contribution in [0.15, 0.2) is 48.1 Å². The Kier molecular flexibility index (Phi) is 26.5. The molecule has 9 unspecified atom stereocenters. The van der Waals surface area contributed by atoms with Crippen LogP contribution in [0.4, 0.5) is 0 Å². The maximum absolute atomic E-state index is 13.1. The van der Waals surface area contributed by atoms with E-state index >= 15 is 0 Å². The van der Waals surface area contributed by atoms with Crippen molar-refractivity contribution >= 4 is 23.9 Å². The molecule has 0 radical (unpaired) electrons. The Balaban J connectivity index is 1.13. The molecule has 0 aromatic carbocycles. The summed E-state index contributed by atoms with van der Waals surface area (Å²) in [7, 11) is 3.90. The molecule has 0 heterocycles. The quantitative estimate of drug-likeness (QED) is 0.0275. The maximum Gasteiger partial charge on any atom is 0.306 e. The van der Waals surface area contributed by atoms with Gasteiger partial charge in [0.2, 0.25) is 0 Å². The smallest absolute Gasteiger partial charge is 0.306 e. The summed E-state index contributed by atoms with van der Waals surface area (Å²) in [5, 5.41) is 0. The average molecular weight is 962 g/mol. The van der Waals surface area contributed by atoms with Crippen molar-refractivity contribution in [2.75, 3.05) is 33.9 Å². The Bertz CT molecular complexity index is 1660. The number of esters is 4. The van der Waals surface area contributed by atoms with E-state index < -0.39 is 12.1 Å². The lowest BCUT2D eigenvalue weighted by Gasteiger charge is -2.58. The Labute approximate surface area is 420 Å². The number of allylic oxidation sites excluding steroid dienone is 7. The number of fused-ring (bicyclic) bond motifs is 5. The van der Waals surface area contributed by atoms with E-state index in [9.17, 15) is 19.2 Å². The molecule has 9 atom stereocenters. The van der Waals surface area contributed by atoms with E-state index in [2.05, 4.69) is 84.1 Å². The molecule has 69 heavy (non-hydrogen) atoms. The molecule has 3 fully saturated rings. The molecule has 0 spiro atoms. The Morgan fingerprint density at radius 2 is 1.30 bits per heavy atom. The fourth-order valence-corrected chi connectivity index (χ4v) is 12.8. The third-order valence-electron chi connectivity index (χ3n) is 16.7. The van der Waals surface area contributed by atoms with E-state index in [1.54, 1.807) is 0 Å². The van der Waals surface area contributed by atoms with Crippen molar-refractivity contribution < 1.29 is 38.1 Å².